The Kier molecular flexibility index (Phi) is 14.7. The number of ether oxygens (including phenoxy) is 4. The molecule has 0 saturated carbocycles. The molecule has 65 heavy (non-hydrogen) atoms. The maximum atomic E-state index is 13.2. The number of thioether (sulfide) groups is 1. The number of carbonyl (C=O) groups is 5. The molecule has 5 heterocycles. The van der Waals surface area contributed by atoms with E-state index in [1.165, 1.54) is 17.8 Å². The predicted octanol–water partition coefficient (Wildman–Crippen LogP) is 2.97. The maximum absolute atomic E-state index is 13.2. The van der Waals surface area contributed by atoms with Crippen LogP contribution >= 0.6 is 24.0 Å². The van der Waals surface area contributed by atoms with Crippen LogP contribution in [0.5, 0.6) is 5.75 Å². The van der Waals surface area contributed by atoms with E-state index in [-0.39, 0.29) is 66.8 Å². The zero-order chi connectivity index (χ0) is 45.5. The number of thiocarbonyl (C=S) groups is 1. The van der Waals surface area contributed by atoms with Crippen molar-refractivity contribution in [3.63, 3.8) is 0 Å². The minimum atomic E-state index is -1.05. The average molecular weight is 926 g/mol. The molecule has 20 heteroatoms. The van der Waals surface area contributed by atoms with E-state index in [1.54, 1.807) is 12.1 Å². The topological polar surface area (TPSA) is 234 Å². The Morgan fingerprint density at radius 3 is 2.34 bits per heavy atom. The number of hydrogen-bond donors (Lipinski definition) is 5. The van der Waals surface area contributed by atoms with E-state index in [4.69, 9.17) is 42.6 Å². The highest BCUT2D eigenvalue weighted by Crippen LogP contribution is 2.37. The van der Waals surface area contributed by atoms with Gasteiger partial charge in [-0.1, -0.05) is 48.6 Å². The molecule has 5 amide bonds. The second-order valence-electron chi connectivity index (χ2n) is 15.9. The highest BCUT2D eigenvalue weighted by Gasteiger charge is 2.46. The maximum Gasteiger partial charge on any atom is 0.266 e. The van der Waals surface area contributed by atoms with Crippen LogP contribution < -0.4 is 32.3 Å². The second kappa shape index (κ2) is 20.9. The molecule has 18 nitrogen and oxygen atoms in total. The van der Waals surface area contributed by atoms with Crippen molar-refractivity contribution in [2.24, 2.45) is 16.6 Å². The number of rotatable bonds is 20. The number of nitrogens with zero attached hydrogens (tertiary/aromatic N) is 4. The van der Waals surface area contributed by atoms with Gasteiger partial charge in [0.25, 0.3) is 11.8 Å². The van der Waals surface area contributed by atoms with Gasteiger partial charge in [0.2, 0.25) is 17.7 Å². The molecular weight excluding hydrogens is 875 g/mol. The van der Waals surface area contributed by atoms with Gasteiger partial charge in [0.15, 0.2) is 5.17 Å². The van der Waals surface area contributed by atoms with Crippen molar-refractivity contribution in [3.05, 3.63) is 89.1 Å². The molecule has 3 aromatic carbocycles. The first kappa shape index (κ1) is 45.7. The summed E-state index contributed by atoms with van der Waals surface area (Å²) in [5.41, 5.74) is 20.1. The van der Waals surface area contributed by atoms with E-state index in [2.05, 4.69) is 56.2 Å². The van der Waals surface area contributed by atoms with Gasteiger partial charge in [0, 0.05) is 60.3 Å². The van der Waals surface area contributed by atoms with Crippen molar-refractivity contribution < 1.29 is 42.9 Å². The van der Waals surface area contributed by atoms with Crippen LogP contribution in [0.1, 0.15) is 70.0 Å². The van der Waals surface area contributed by atoms with Crippen LogP contribution in [0.3, 0.4) is 0 Å². The second-order valence-corrected chi connectivity index (χ2v) is 17.4. The lowest BCUT2D eigenvalue weighted by atomic mass is 10.0. The Labute approximate surface area is 384 Å². The van der Waals surface area contributed by atoms with Crippen LogP contribution in [0, 0.1) is 0 Å². The molecule has 0 aliphatic carbocycles. The Morgan fingerprint density at radius 1 is 0.877 bits per heavy atom. The summed E-state index contributed by atoms with van der Waals surface area (Å²) in [6, 6.07) is 18.4. The molecule has 0 spiro atoms. The van der Waals surface area contributed by atoms with Crippen LogP contribution in [0.15, 0.2) is 72.0 Å². The van der Waals surface area contributed by atoms with Crippen LogP contribution in [-0.4, -0.2) is 125 Å². The number of aromatic nitrogens is 1. The number of nitrogens with two attached hydrogens (primary N) is 2. The van der Waals surface area contributed by atoms with Gasteiger partial charge in [-0.2, -0.15) is 5.10 Å². The molecule has 2 saturated heterocycles. The minimum Gasteiger partial charge on any atom is -0.490 e. The molecular formula is C45H51N9O9S2. The van der Waals surface area contributed by atoms with Gasteiger partial charge in [0.05, 0.1) is 57.2 Å². The van der Waals surface area contributed by atoms with Crippen LogP contribution in [0.25, 0.3) is 22.0 Å². The molecule has 0 radical (unpaired) electrons. The SMILES string of the molecule is NC(=S)c1cccc(-c2cn(C3CCN(C(=O)CCOCCOCCOCCOc4cccc5c4C(=O)N(C4CCC(=O)NC4=O)C5=O)CC3)c3cc(CNC4NN=C(N)S4)ccc23)c1. The number of hydrogen-bond acceptors (Lipinski definition) is 15. The minimum absolute atomic E-state index is 0.0392. The van der Waals surface area contributed by atoms with Gasteiger partial charge in [-0.3, -0.25) is 44.9 Å². The molecule has 2 fully saturated rings. The van der Waals surface area contributed by atoms with Crippen molar-refractivity contribution in [3.8, 4) is 16.9 Å². The van der Waals surface area contributed by atoms with E-state index in [1.807, 2.05) is 23.1 Å². The smallest absolute Gasteiger partial charge is 0.266 e. The third-order valence-corrected chi connectivity index (χ3v) is 12.8. The number of benzene rings is 3. The van der Waals surface area contributed by atoms with Gasteiger partial charge in [0.1, 0.15) is 28.9 Å². The zero-order valence-corrected chi connectivity index (χ0v) is 37.3. The summed E-state index contributed by atoms with van der Waals surface area (Å²) in [5.74, 6) is -2.06. The van der Waals surface area contributed by atoms with Crippen LogP contribution in [-0.2, 0) is 35.1 Å². The van der Waals surface area contributed by atoms with Gasteiger partial charge in [-0.05, 0) is 66.4 Å². The highest BCUT2D eigenvalue weighted by atomic mass is 32.2. The molecule has 4 aromatic rings. The molecule has 2 unspecified atom stereocenters. The Bertz CT molecular complexity index is 2510. The summed E-state index contributed by atoms with van der Waals surface area (Å²) in [7, 11) is 0. The zero-order valence-electron chi connectivity index (χ0n) is 35.6. The van der Waals surface area contributed by atoms with Crippen LogP contribution in [0.2, 0.25) is 0 Å². The first-order chi connectivity index (χ1) is 31.5. The summed E-state index contributed by atoms with van der Waals surface area (Å²) in [6.45, 7) is 3.80. The number of amides is 5. The van der Waals surface area contributed by atoms with E-state index in [0.717, 1.165) is 50.9 Å². The summed E-state index contributed by atoms with van der Waals surface area (Å²) in [4.78, 5) is 66.6. The fraction of sp³-hybridized carbons (Fsp3) is 0.400. The van der Waals surface area contributed by atoms with Gasteiger partial charge in [-0.15, -0.1) is 0 Å². The summed E-state index contributed by atoms with van der Waals surface area (Å²) in [6.07, 6.45) is 4.23. The lowest BCUT2D eigenvalue weighted by molar-refractivity contribution is -0.136. The summed E-state index contributed by atoms with van der Waals surface area (Å²) < 4.78 is 25.1. The first-order valence-electron chi connectivity index (χ1n) is 21.6. The summed E-state index contributed by atoms with van der Waals surface area (Å²) >= 11 is 6.72. The lowest BCUT2D eigenvalue weighted by Crippen LogP contribution is -2.54. The molecule has 7 N–H and O–H groups in total. The van der Waals surface area contributed by atoms with Crippen molar-refractivity contribution in [1.29, 1.82) is 0 Å². The van der Waals surface area contributed by atoms with Crippen molar-refractivity contribution in [1.82, 2.24) is 30.4 Å². The lowest BCUT2D eigenvalue weighted by Gasteiger charge is -2.33. The number of amidine groups is 1. The third-order valence-electron chi connectivity index (χ3n) is 11.7. The number of fused-ring (bicyclic) bond motifs is 2. The number of piperidine rings is 2. The van der Waals surface area contributed by atoms with Gasteiger partial charge in [-0.25, -0.2) is 0 Å². The van der Waals surface area contributed by atoms with Crippen molar-refractivity contribution in [2.45, 2.75) is 56.2 Å². The number of hydrazone groups is 1. The molecule has 1 aromatic heterocycles. The van der Waals surface area contributed by atoms with E-state index in [0.29, 0.717) is 62.8 Å². The number of likely N-dealkylation sites (tertiary alicyclic amines) is 1. The number of carbonyl (C=O) groups excluding carboxylic acids is 5. The largest absolute Gasteiger partial charge is 0.490 e. The molecule has 4 aliphatic heterocycles. The van der Waals surface area contributed by atoms with E-state index < -0.39 is 29.7 Å². The quantitative estimate of drug-likeness (QED) is 0.0487. The molecule has 4 aliphatic rings. The van der Waals surface area contributed by atoms with Gasteiger partial charge >= 0.3 is 0 Å². The normalized spacial score (nSPS) is 18.8. The molecule has 2 atom stereocenters. The molecule has 8 rings (SSSR count). The molecule has 0 bridgehead atoms. The Balaban J connectivity index is 0.731. The van der Waals surface area contributed by atoms with Crippen molar-refractivity contribution >= 4 is 74.6 Å². The van der Waals surface area contributed by atoms with Crippen molar-refractivity contribution in [2.75, 3.05) is 59.3 Å². The predicted molar refractivity (Wildman–Crippen MR) is 247 cm³/mol. The fourth-order valence-electron chi connectivity index (χ4n) is 8.44. The van der Waals surface area contributed by atoms with Gasteiger partial charge < -0.3 is 39.9 Å². The molecule has 342 valence electrons. The van der Waals surface area contributed by atoms with Crippen LogP contribution in [0.4, 0.5) is 0 Å². The standard InChI is InChI=1S/C45H51N9O9S2/c46-40(64)29-4-1-3-28(24-29)33-26-53(35-23-27(7-8-31(33)35)25-48-45-51-50-44(47)65-45)30-11-14-52(15-12-30)38(56)13-16-60-17-18-61-19-20-62-21-22-63-36-6-2-5-32-39(36)43(59)54(42(32)58)34-9-10-37(55)49-41(34)57/h1-8,23-24,26,30,34,45,48,51H,9-22,25H2,(H2,46,64)(H2,47,50)(H,49,55,57). The number of nitrogens with one attached hydrogen (secondary N) is 3. The van der Waals surface area contributed by atoms with E-state index >= 15 is 0 Å². The monoisotopic (exact) mass is 925 g/mol. The summed E-state index contributed by atoms with van der Waals surface area (Å²) in [5, 5.41) is 11.3. The third kappa shape index (κ3) is 10.6. The Morgan fingerprint density at radius 2 is 1.62 bits per heavy atom. The number of imide groups is 2. The first-order valence-corrected chi connectivity index (χ1v) is 22.9. The average Bonchev–Trinajstić information content (AvgIpc) is 3.98. The fourth-order valence-corrected chi connectivity index (χ4v) is 9.19. The highest BCUT2D eigenvalue weighted by molar-refractivity contribution is 8.14. The van der Waals surface area contributed by atoms with E-state index in [9.17, 15) is 24.0 Å². The Hall–Kier alpha value is -5.90.